The zero-order valence-corrected chi connectivity index (χ0v) is 15.3. The van der Waals surface area contributed by atoms with Crippen LogP contribution in [0.5, 0.6) is 0 Å². The highest BCUT2D eigenvalue weighted by molar-refractivity contribution is 7.09. The van der Waals surface area contributed by atoms with Gasteiger partial charge in [-0.25, -0.2) is 4.98 Å². The van der Waals surface area contributed by atoms with Gasteiger partial charge < -0.3 is 9.64 Å². The number of fused-ring (bicyclic) bond motifs is 1. The fraction of sp³-hybridized carbons (Fsp3) is 0.778. The fourth-order valence-corrected chi connectivity index (χ4v) is 5.20. The average Bonchev–Trinajstić information content (AvgIpc) is 3.25. The number of hydrogen-bond acceptors (Lipinski definition) is 5. The Bertz CT molecular complexity index is 585. The second kappa shape index (κ2) is 7.10. The Kier molecular flexibility index (Phi) is 4.88. The van der Waals surface area contributed by atoms with Crippen molar-refractivity contribution in [2.45, 2.75) is 45.3 Å². The van der Waals surface area contributed by atoms with Gasteiger partial charge in [0.15, 0.2) is 0 Å². The number of ether oxygens (including phenoxy) is 1. The molecule has 1 amide bonds. The Morgan fingerprint density at radius 2 is 2.21 bits per heavy atom. The number of amides is 1. The third-order valence-electron chi connectivity index (χ3n) is 5.64. The summed E-state index contributed by atoms with van der Waals surface area (Å²) in [6.45, 7) is 7.61. The zero-order chi connectivity index (χ0) is 16.5. The normalized spacial score (nSPS) is 31.2. The molecule has 3 aliphatic rings. The van der Waals surface area contributed by atoms with Crippen LogP contribution in [-0.4, -0.2) is 59.6 Å². The van der Waals surface area contributed by atoms with Crippen molar-refractivity contribution in [2.24, 2.45) is 11.8 Å². The maximum absolute atomic E-state index is 12.7. The van der Waals surface area contributed by atoms with E-state index in [2.05, 4.69) is 22.2 Å². The lowest BCUT2D eigenvalue weighted by atomic mass is 9.83. The van der Waals surface area contributed by atoms with Crippen LogP contribution >= 0.6 is 11.3 Å². The van der Waals surface area contributed by atoms with E-state index in [1.54, 1.807) is 11.3 Å². The van der Waals surface area contributed by atoms with Gasteiger partial charge in [-0.2, -0.15) is 0 Å². The molecule has 0 saturated carbocycles. The molecule has 1 aromatic heterocycles. The van der Waals surface area contributed by atoms with E-state index in [1.807, 2.05) is 4.90 Å². The highest BCUT2D eigenvalue weighted by Crippen LogP contribution is 2.33. The van der Waals surface area contributed by atoms with E-state index >= 15 is 0 Å². The van der Waals surface area contributed by atoms with Crippen molar-refractivity contribution < 1.29 is 9.53 Å². The van der Waals surface area contributed by atoms with Crippen LogP contribution in [0, 0.1) is 18.8 Å². The molecule has 3 aliphatic heterocycles. The summed E-state index contributed by atoms with van der Waals surface area (Å²) in [6, 6.07) is 0. The van der Waals surface area contributed by atoms with E-state index in [0.29, 0.717) is 24.5 Å². The van der Waals surface area contributed by atoms with Crippen molar-refractivity contribution in [3.63, 3.8) is 0 Å². The molecule has 132 valence electrons. The molecule has 0 N–H and O–H groups in total. The van der Waals surface area contributed by atoms with Crippen LogP contribution in [0.25, 0.3) is 0 Å². The van der Waals surface area contributed by atoms with E-state index in [4.69, 9.17) is 4.74 Å². The number of hydrogen-bond donors (Lipinski definition) is 0. The minimum Gasteiger partial charge on any atom is -0.377 e. The highest BCUT2D eigenvalue weighted by Gasteiger charge is 2.39. The number of rotatable bonds is 3. The quantitative estimate of drug-likeness (QED) is 0.840. The monoisotopic (exact) mass is 349 g/mol. The van der Waals surface area contributed by atoms with Gasteiger partial charge in [0.05, 0.1) is 25.2 Å². The van der Waals surface area contributed by atoms with Gasteiger partial charge in [-0.3, -0.25) is 9.69 Å². The Balaban J connectivity index is 1.35. The van der Waals surface area contributed by atoms with Crippen LogP contribution in [0.2, 0.25) is 0 Å². The van der Waals surface area contributed by atoms with Crippen LogP contribution in [-0.2, 0) is 16.1 Å². The molecule has 4 heterocycles. The van der Waals surface area contributed by atoms with Gasteiger partial charge in [-0.15, -0.1) is 11.3 Å². The maximum atomic E-state index is 12.7. The lowest BCUT2D eigenvalue weighted by molar-refractivity contribution is -0.148. The first-order valence-electron chi connectivity index (χ1n) is 9.23. The van der Waals surface area contributed by atoms with Gasteiger partial charge in [-0.1, -0.05) is 0 Å². The number of piperidine rings is 1. The molecular formula is C18H27N3O2S. The molecule has 5 nitrogen and oxygen atoms in total. The Hall–Kier alpha value is -0.980. The molecule has 0 aliphatic carbocycles. The van der Waals surface area contributed by atoms with E-state index in [1.165, 1.54) is 5.01 Å². The first kappa shape index (κ1) is 16.5. The summed E-state index contributed by atoms with van der Waals surface area (Å²) in [6.07, 6.45) is 4.74. The van der Waals surface area contributed by atoms with Crippen LogP contribution in [0.15, 0.2) is 5.38 Å². The number of thiazole rings is 1. The molecule has 0 bridgehead atoms. The minimum absolute atomic E-state index is 0.0754. The highest BCUT2D eigenvalue weighted by atomic mass is 32.1. The van der Waals surface area contributed by atoms with E-state index in [-0.39, 0.29) is 5.92 Å². The zero-order valence-electron chi connectivity index (χ0n) is 14.4. The first-order valence-corrected chi connectivity index (χ1v) is 10.1. The summed E-state index contributed by atoms with van der Waals surface area (Å²) in [5.41, 5.74) is 1.11. The van der Waals surface area contributed by atoms with Crippen molar-refractivity contribution in [1.29, 1.82) is 0 Å². The third kappa shape index (κ3) is 3.51. The predicted molar refractivity (Wildman–Crippen MR) is 93.9 cm³/mol. The molecule has 0 aromatic carbocycles. The minimum atomic E-state index is 0.0754. The summed E-state index contributed by atoms with van der Waals surface area (Å²) in [5, 5.41) is 3.32. The number of aromatic nitrogens is 1. The fourth-order valence-electron chi connectivity index (χ4n) is 4.38. The molecule has 3 atom stereocenters. The lowest BCUT2D eigenvalue weighted by Crippen LogP contribution is -2.50. The summed E-state index contributed by atoms with van der Waals surface area (Å²) < 4.78 is 6.09. The number of carbonyl (C=O) groups excluding carboxylic acids is 1. The molecule has 0 spiro atoms. The van der Waals surface area contributed by atoms with Crippen molar-refractivity contribution >= 4 is 17.2 Å². The van der Waals surface area contributed by atoms with Gasteiger partial charge in [0.25, 0.3) is 0 Å². The van der Waals surface area contributed by atoms with Crippen molar-refractivity contribution in [1.82, 2.24) is 14.8 Å². The van der Waals surface area contributed by atoms with Gasteiger partial charge in [0.2, 0.25) is 5.91 Å². The SMILES string of the molecule is Cc1csc(CN2CC[C@H]3OC[C@@H](C(=O)N4CCCC4)C[C@H]3C2)n1. The second-order valence-electron chi connectivity index (χ2n) is 7.50. The van der Waals surface area contributed by atoms with E-state index < -0.39 is 0 Å². The molecule has 0 unspecified atom stereocenters. The van der Waals surface area contributed by atoms with Crippen LogP contribution in [0.4, 0.5) is 0 Å². The standard InChI is InChI=1S/C18H27N3O2S/c1-13-12-24-17(19-13)10-20-7-4-16-14(9-20)8-15(11-23-16)18(22)21-5-2-3-6-21/h12,14-16H,2-11H2,1H3/t14-,15-,16+/m0/s1. The van der Waals surface area contributed by atoms with Crippen molar-refractivity contribution in [3.8, 4) is 0 Å². The Morgan fingerprint density at radius 3 is 2.96 bits per heavy atom. The van der Waals surface area contributed by atoms with Gasteiger partial charge in [0.1, 0.15) is 5.01 Å². The van der Waals surface area contributed by atoms with Crippen LogP contribution in [0.3, 0.4) is 0 Å². The largest absolute Gasteiger partial charge is 0.377 e. The number of likely N-dealkylation sites (tertiary alicyclic amines) is 2. The van der Waals surface area contributed by atoms with Gasteiger partial charge in [-0.05, 0) is 38.5 Å². The summed E-state index contributed by atoms with van der Waals surface area (Å²) in [5.74, 6) is 0.898. The molecule has 1 aromatic rings. The maximum Gasteiger partial charge on any atom is 0.228 e. The summed E-state index contributed by atoms with van der Waals surface area (Å²) in [7, 11) is 0. The first-order chi connectivity index (χ1) is 11.7. The number of aryl methyl sites for hydroxylation is 1. The van der Waals surface area contributed by atoms with E-state index in [9.17, 15) is 4.79 Å². The molecule has 4 rings (SSSR count). The number of nitrogens with zero attached hydrogens (tertiary/aromatic N) is 3. The lowest BCUT2D eigenvalue weighted by Gasteiger charge is -2.43. The predicted octanol–water partition coefficient (Wildman–Crippen LogP) is 2.30. The third-order valence-corrected chi connectivity index (χ3v) is 6.59. The molecule has 3 fully saturated rings. The smallest absolute Gasteiger partial charge is 0.228 e. The summed E-state index contributed by atoms with van der Waals surface area (Å²) >= 11 is 1.75. The average molecular weight is 350 g/mol. The second-order valence-corrected chi connectivity index (χ2v) is 8.45. The molecule has 3 saturated heterocycles. The number of carbonyl (C=O) groups is 1. The summed E-state index contributed by atoms with van der Waals surface area (Å²) in [4.78, 5) is 21.8. The molecular weight excluding hydrogens is 322 g/mol. The van der Waals surface area contributed by atoms with Gasteiger partial charge >= 0.3 is 0 Å². The molecule has 24 heavy (non-hydrogen) atoms. The van der Waals surface area contributed by atoms with Gasteiger partial charge in [0, 0.05) is 37.3 Å². The van der Waals surface area contributed by atoms with Crippen molar-refractivity contribution in [3.05, 3.63) is 16.1 Å². The van der Waals surface area contributed by atoms with Crippen LogP contribution < -0.4 is 0 Å². The van der Waals surface area contributed by atoms with Crippen LogP contribution in [0.1, 0.15) is 36.4 Å². The topological polar surface area (TPSA) is 45.7 Å². The molecule has 6 heteroatoms. The Labute approximate surface area is 148 Å². The van der Waals surface area contributed by atoms with E-state index in [0.717, 1.165) is 64.1 Å². The van der Waals surface area contributed by atoms with Crippen molar-refractivity contribution in [2.75, 3.05) is 32.8 Å². The molecule has 0 radical (unpaired) electrons. The Morgan fingerprint density at radius 1 is 1.38 bits per heavy atom.